The monoisotopic (exact) mass is 391 g/mol. The molecule has 0 aliphatic carbocycles. The van der Waals surface area contributed by atoms with Gasteiger partial charge in [0.05, 0.1) is 12.2 Å². The summed E-state index contributed by atoms with van der Waals surface area (Å²) >= 11 is 0. The normalized spacial score (nSPS) is 26.0. The molecule has 2 unspecified atom stereocenters. The van der Waals surface area contributed by atoms with Gasteiger partial charge in [-0.1, -0.05) is 0 Å². The van der Waals surface area contributed by atoms with Crippen LogP contribution in [0, 0.1) is 0 Å². The number of hydrogen-bond acceptors (Lipinski definition) is 5. The van der Waals surface area contributed by atoms with E-state index in [4.69, 9.17) is 9.84 Å². The molecule has 0 bridgehead atoms. The fourth-order valence-electron chi connectivity index (χ4n) is 3.36. The van der Waals surface area contributed by atoms with Gasteiger partial charge in [0.25, 0.3) is 10.2 Å². The van der Waals surface area contributed by atoms with E-state index in [0.717, 1.165) is 0 Å². The highest BCUT2D eigenvalue weighted by atomic mass is 32.2. The van der Waals surface area contributed by atoms with E-state index in [-0.39, 0.29) is 37.6 Å². The van der Waals surface area contributed by atoms with Crippen molar-refractivity contribution < 1.29 is 27.9 Å². The molecule has 0 saturated carbocycles. The molecule has 26 heavy (non-hydrogen) atoms. The number of carbonyl (C=O) groups is 2. The summed E-state index contributed by atoms with van der Waals surface area (Å²) in [6.45, 7) is 5.70. The molecule has 0 aromatic heterocycles. The first-order valence-electron chi connectivity index (χ1n) is 9.10. The van der Waals surface area contributed by atoms with E-state index in [1.54, 1.807) is 4.90 Å². The standard InChI is InChI=1S/C16H29N3O6S/c1-13-11-19(12-14(2)25-13)26(23,24)18-9-7-17(8-10-18)15(20)5-3-4-6-16(21)22/h13-14H,3-12H2,1-2H3,(H,21,22). The van der Waals surface area contributed by atoms with Crippen LogP contribution in [0.25, 0.3) is 0 Å². The van der Waals surface area contributed by atoms with Gasteiger partial charge in [0.15, 0.2) is 0 Å². The fraction of sp³-hybridized carbons (Fsp3) is 0.875. The van der Waals surface area contributed by atoms with Crippen LogP contribution in [0.3, 0.4) is 0 Å². The molecule has 2 aliphatic heterocycles. The van der Waals surface area contributed by atoms with Crippen LogP contribution in [-0.2, 0) is 24.5 Å². The van der Waals surface area contributed by atoms with Crippen LogP contribution in [0.2, 0.25) is 0 Å². The molecule has 2 atom stereocenters. The Kier molecular flexibility index (Phi) is 7.39. The van der Waals surface area contributed by atoms with Crippen LogP contribution in [-0.4, -0.2) is 90.4 Å². The maximum atomic E-state index is 12.8. The highest BCUT2D eigenvalue weighted by molar-refractivity contribution is 7.86. The van der Waals surface area contributed by atoms with Crippen LogP contribution in [0.1, 0.15) is 39.5 Å². The molecule has 2 aliphatic rings. The number of nitrogens with zero attached hydrogens (tertiary/aromatic N) is 3. The maximum absolute atomic E-state index is 12.8. The number of aliphatic carboxylic acids is 1. The molecule has 0 spiro atoms. The van der Waals surface area contributed by atoms with Crippen molar-refractivity contribution in [3.05, 3.63) is 0 Å². The van der Waals surface area contributed by atoms with Gasteiger partial charge in [-0.05, 0) is 26.7 Å². The van der Waals surface area contributed by atoms with Crippen molar-refractivity contribution in [1.29, 1.82) is 0 Å². The maximum Gasteiger partial charge on any atom is 0.303 e. The fourth-order valence-corrected chi connectivity index (χ4v) is 5.11. The third-order valence-corrected chi connectivity index (χ3v) is 6.63. The van der Waals surface area contributed by atoms with Gasteiger partial charge in [-0.15, -0.1) is 0 Å². The summed E-state index contributed by atoms with van der Waals surface area (Å²) in [6.07, 6.45) is 1.11. The van der Waals surface area contributed by atoms with Crippen LogP contribution in [0.15, 0.2) is 0 Å². The average Bonchev–Trinajstić information content (AvgIpc) is 2.57. The van der Waals surface area contributed by atoms with E-state index < -0.39 is 16.2 Å². The molecule has 2 fully saturated rings. The predicted octanol–water partition coefficient (Wildman–Crippen LogP) is 0.130. The lowest BCUT2D eigenvalue weighted by Crippen LogP contribution is -2.57. The number of carboxylic acid groups (broad SMARTS) is 1. The molecule has 9 nitrogen and oxygen atoms in total. The molecule has 2 rings (SSSR count). The summed E-state index contributed by atoms with van der Waals surface area (Å²) in [4.78, 5) is 24.3. The van der Waals surface area contributed by atoms with Crippen LogP contribution in [0.4, 0.5) is 0 Å². The van der Waals surface area contributed by atoms with Gasteiger partial charge in [0.1, 0.15) is 0 Å². The minimum absolute atomic E-state index is 0.0407. The van der Waals surface area contributed by atoms with E-state index in [2.05, 4.69) is 0 Å². The molecule has 0 aromatic rings. The first-order valence-corrected chi connectivity index (χ1v) is 10.5. The molecule has 10 heteroatoms. The Bertz CT molecular complexity index is 593. The van der Waals surface area contributed by atoms with Crippen molar-refractivity contribution in [3.8, 4) is 0 Å². The SMILES string of the molecule is CC1CN(S(=O)(=O)N2CCN(C(=O)CCCCC(=O)O)CC2)CC(C)O1. The number of piperazine rings is 1. The number of hydrogen-bond donors (Lipinski definition) is 1. The lowest BCUT2D eigenvalue weighted by molar-refractivity contribution is -0.137. The summed E-state index contributed by atoms with van der Waals surface area (Å²) < 4.78 is 34.1. The van der Waals surface area contributed by atoms with E-state index in [1.807, 2.05) is 13.8 Å². The van der Waals surface area contributed by atoms with Crippen molar-refractivity contribution in [3.63, 3.8) is 0 Å². The lowest BCUT2D eigenvalue weighted by Gasteiger charge is -2.40. The smallest absolute Gasteiger partial charge is 0.303 e. The summed E-state index contributed by atoms with van der Waals surface area (Å²) in [6, 6.07) is 0. The molecule has 0 radical (unpaired) electrons. The Balaban J connectivity index is 1.81. The quantitative estimate of drug-likeness (QED) is 0.618. The van der Waals surface area contributed by atoms with Gasteiger partial charge in [-0.2, -0.15) is 17.0 Å². The first kappa shape index (κ1) is 21.1. The zero-order chi connectivity index (χ0) is 19.3. The Hall–Kier alpha value is -1.23. The van der Waals surface area contributed by atoms with Crippen molar-refractivity contribution >= 4 is 22.1 Å². The molecule has 150 valence electrons. The zero-order valence-electron chi connectivity index (χ0n) is 15.5. The topological polar surface area (TPSA) is 107 Å². The molecule has 1 amide bonds. The van der Waals surface area contributed by atoms with Crippen molar-refractivity contribution in [2.45, 2.75) is 51.7 Å². The number of morpholine rings is 1. The second-order valence-corrected chi connectivity index (χ2v) is 8.89. The summed E-state index contributed by atoms with van der Waals surface area (Å²) in [5, 5.41) is 8.60. The van der Waals surface area contributed by atoms with Crippen LogP contribution < -0.4 is 0 Å². The van der Waals surface area contributed by atoms with Crippen LogP contribution >= 0.6 is 0 Å². The van der Waals surface area contributed by atoms with Crippen LogP contribution in [0.5, 0.6) is 0 Å². The predicted molar refractivity (Wildman–Crippen MR) is 94.8 cm³/mol. The molecule has 2 saturated heterocycles. The molecule has 0 aromatic carbocycles. The summed E-state index contributed by atoms with van der Waals surface area (Å²) in [5.41, 5.74) is 0. The zero-order valence-corrected chi connectivity index (χ0v) is 16.3. The van der Waals surface area contributed by atoms with Gasteiger partial charge in [-0.3, -0.25) is 9.59 Å². The number of carboxylic acids is 1. The molecular formula is C16H29N3O6S. The Morgan fingerprint density at radius 1 is 0.962 bits per heavy atom. The van der Waals surface area contributed by atoms with Gasteiger partial charge in [0, 0.05) is 52.1 Å². The minimum atomic E-state index is -3.55. The lowest BCUT2D eigenvalue weighted by atomic mass is 10.1. The minimum Gasteiger partial charge on any atom is -0.481 e. The van der Waals surface area contributed by atoms with Gasteiger partial charge in [0.2, 0.25) is 5.91 Å². The highest BCUT2D eigenvalue weighted by Crippen LogP contribution is 2.19. The largest absolute Gasteiger partial charge is 0.481 e. The number of rotatable bonds is 7. The molecule has 2 heterocycles. The average molecular weight is 391 g/mol. The van der Waals surface area contributed by atoms with E-state index in [9.17, 15) is 18.0 Å². The van der Waals surface area contributed by atoms with Gasteiger partial charge in [-0.25, -0.2) is 0 Å². The van der Waals surface area contributed by atoms with E-state index >= 15 is 0 Å². The van der Waals surface area contributed by atoms with Gasteiger partial charge < -0.3 is 14.7 Å². The van der Waals surface area contributed by atoms with E-state index in [0.29, 0.717) is 45.4 Å². The Morgan fingerprint density at radius 3 is 2.04 bits per heavy atom. The van der Waals surface area contributed by atoms with Crippen molar-refractivity contribution in [2.24, 2.45) is 0 Å². The highest BCUT2D eigenvalue weighted by Gasteiger charge is 2.37. The summed E-state index contributed by atoms with van der Waals surface area (Å²) in [5.74, 6) is -0.899. The third kappa shape index (κ3) is 5.63. The first-order chi connectivity index (χ1) is 12.2. The van der Waals surface area contributed by atoms with E-state index in [1.165, 1.54) is 8.61 Å². The number of ether oxygens (including phenoxy) is 1. The van der Waals surface area contributed by atoms with Crippen molar-refractivity contribution in [1.82, 2.24) is 13.5 Å². The Morgan fingerprint density at radius 2 is 1.50 bits per heavy atom. The second-order valence-electron chi connectivity index (χ2n) is 6.96. The second kappa shape index (κ2) is 9.12. The summed E-state index contributed by atoms with van der Waals surface area (Å²) in [7, 11) is -3.55. The number of amides is 1. The number of carbonyl (C=O) groups excluding carboxylic acids is 1. The molecular weight excluding hydrogens is 362 g/mol. The number of unbranched alkanes of at least 4 members (excludes halogenated alkanes) is 1. The molecule has 1 N–H and O–H groups in total. The Labute approximate surface area is 155 Å². The third-order valence-electron chi connectivity index (χ3n) is 4.66. The van der Waals surface area contributed by atoms with Gasteiger partial charge >= 0.3 is 5.97 Å². The van der Waals surface area contributed by atoms with Crippen molar-refractivity contribution in [2.75, 3.05) is 39.3 Å².